The number of ketones is 1. The quantitative estimate of drug-likeness (QED) is 0.699. The molecule has 5 rings (SSSR count). The van der Waals surface area contributed by atoms with Crippen LogP contribution in [0.15, 0.2) is 65.0 Å². The van der Waals surface area contributed by atoms with Gasteiger partial charge in [0.2, 0.25) is 6.79 Å². The van der Waals surface area contributed by atoms with Crippen molar-refractivity contribution in [1.29, 1.82) is 0 Å². The van der Waals surface area contributed by atoms with Crippen LogP contribution in [0, 0.1) is 12.3 Å². The van der Waals surface area contributed by atoms with E-state index in [0.717, 1.165) is 34.6 Å². The Kier molecular flexibility index (Phi) is 5.04. The molecule has 0 aromatic heterocycles. The standard InChI is InChI=1S/C27H28N2O4/c1-15-7-5-6-8-18(15)29-26(31)23-16(2)28-19-12-27(3,4)13-20(30)25(19)24(23)17-9-10-21-22(11-17)33-14-32-21/h5-11,24,28H,12-14H2,1-4H3,(H,29,31)/t24-/m0/s1. The average molecular weight is 445 g/mol. The molecule has 0 radical (unpaired) electrons. The topological polar surface area (TPSA) is 76.7 Å². The summed E-state index contributed by atoms with van der Waals surface area (Å²) < 4.78 is 11.1. The highest BCUT2D eigenvalue weighted by Gasteiger charge is 2.43. The summed E-state index contributed by atoms with van der Waals surface area (Å²) in [4.78, 5) is 27.1. The molecule has 0 bridgehead atoms. The first kappa shape index (κ1) is 21.3. The number of carbonyl (C=O) groups is 2. The minimum atomic E-state index is -0.483. The summed E-state index contributed by atoms with van der Waals surface area (Å²) >= 11 is 0. The molecule has 0 saturated carbocycles. The Morgan fingerprint density at radius 3 is 2.61 bits per heavy atom. The molecule has 2 aromatic carbocycles. The normalized spacial score (nSPS) is 21.0. The fourth-order valence-corrected chi connectivity index (χ4v) is 5.07. The number of hydrogen-bond acceptors (Lipinski definition) is 5. The number of aryl methyl sites for hydroxylation is 1. The van der Waals surface area contributed by atoms with Crippen LogP contribution >= 0.6 is 0 Å². The molecule has 0 saturated heterocycles. The zero-order valence-corrected chi connectivity index (χ0v) is 19.4. The van der Waals surface area contributed by atoms with Crippen LogP contribution in [0.3, 0.4) is 0 Å². The second-order valence-electron chi connectivity index (χ2n) is 9.81. The van der Waals surface area contributed by atoms with E-state index in [4.69, 9.17) is 9.47 Å². The maximum Gasteiger partial charge on any atom is 0.254 e. The van der Waals surface area contributed by atoms with Crippen molar-refractivity contribution in [2.45, 2.75) is 46.5 Å². The van der Waals surface area contributed by atoms with E-state index in [9.17, 15) is 9.59 Å². The maximum atomic E-state index is 13.7. The van der Waals surface area contributed by atoms with Crippen molar-refractivity contribution in [2.24, 2.45) is 5.41 Å². The zero-order chi connectivity index (χ0) is 23.3. The number of hydrogen-bond donors (Lipinski definition) is 2. The number of Topliss-reactive ketones (excluding diaryl/α,β-unsaturated/α-hetero) is 1. The smallest absolute Gasteiger partial charge is 0.254 e. The lowest BCUT2D eigenvalue weighted by atomic mass is 9.68. The number of amides is 1. The summed E-state index contributed by atoms with van der Waals surface area (Å²) in [6.45, 7) is 8.24. The van der Waals surface area contributed by atoms with Crippen LogP contribution in [0.4, 0.5) is 5.69 Å². The number of fused-ring (bicyclic) bond motifs is 1. The molecule has 1 amide bonds. The minimum Gasteiger partial charge on any atom is -0.454 e. The van der Waals surface area contributed by atoms with Crippen molar-refractivity contribution in [3.63, 3.8) is 0 Å². The number of dihydropyridines is 1. The number of anilines is 1. The molecule has 2 aromatic rings. The van der Waals surface area contributed by atoms with Crippen LogP contribution in [0.5, 0.6) is 11.5 Å². The maximum absolute atomic E-state index is 13.7. The number of ether oxygens (including phenoxy) is 2. The summed E-state index contributed by atoms with van der Waals surface area (Å²) in [5.74, 6) is 0.673. The van der Waals surface area contributed by atoms with Gasteiger partial charge in [0, 0.05) is 40.6 Å². The van der Waals surface area contributed by atoms with E-state index >= 15 is 0 Å². The van der Waals surface area contributed by atoms with Crippen molar-refractivity contribution in [1.82, 2.24) is 5.32 Å². The molecule has 1 aliphatic carbocycles. The third-order valence-corrected chi connectivity index (χ3v) is 6.61. The van der Waals surface area contributed by atoms with Gasteiger partial charge in [-0.1, -0.05) is 38.1 Å². The van der Waals surface area contributed by atoms with Crippen LogP contribution in [0.1, 0.15) is 50.7 Å². The number of allylic oxidation sites excluding steroid dienone is 3. The molecule has 3 aliphatic rings. The predicted molar refractivity (Wildman–Crippen MR) is 126 cm³/mol. The molecule has 6 heteroatoms. The lowest BCUT2D eigenvalue weighted by Gasteiger charge is -2.39. The highest BCUT2D eigenvalue weighted by Crippen LogP contribution is 2.48. The predicted octanol–water partition coefficient (Wildman–Crippen LogP) is 4.97. The monoisotopic (exact) mass is 444 g/mol. The summed E-state index contributed by atoms with van der Waals surface area (Å²) in [6, 6.07) is 13.3. The Balaban J connectivity index is 1.62. The molecule has 2 heterocycles. The SMILES string of the molecule is CC1=C(C(=O)Nc2ccccc2C)[C@H](c2ccc3c(c2)OCO3)C2=C(CC(C)(C)CC2=O)N1. The van der Waals surface area contributed by atoms with Crippen LogP contribution < -0.4 is 20.1 Å². The molecule has 0 spiro atoms. The Morgan fingerprint density at radius 1 is 1.06 bits per heavy atom. The molecule has 2 aliphatic heterocycles. The van der Waals surface area contributed by atoms with Crippen LogP contribution in [-0.4, -0.2) is 18.5 Å². The fraction of sp³-hybridized carbons (Fsp3) is 0.333. The molecule has 170 valence electrons. The van der Waals surface area contributed by atoms with Crippen molar-refractivity contribution in [3.05, 3.63) is 76.1 Å². The third kappa shape index (κ3) is 3.80. The van der Waals surface area contributed by atoms with Gasteiger partial charge in [0.25, 0.3) is 5.91 Å². The third-order valence-electron chi connectivity index (χ3n) is 6.61. The first-order valence-electron chi connectivity index (χ1n) is 11.2. The number of carbonyl (C=O) groups excluding carboxylic acids is 2. The van der Waals surface area contributed by atoms with Gasteiger partial charge < -0.3 is 20.1 Å². The molecule has 6 nitrogen and oxygen atoms in total. The number of benzene rings is 2. The highest BCUT2D eigenvalue weighted by atomic mass is 16.7. The average Bonchev–Trinajstić information content (AvgIpc) is 3.21. The largest absolute Gasteiger partial charge is 0.454 e. The van der Waals surface area contributed by atoms with Gasteiger partial charge in [-0.25, -0.2) is 0 Å². The van der Waals surface area contributed by atoms with Gasteiger partial charge >= 0.3 is 0 Å². The first-order valence-corrected chi connectivity index (χ1v) is 11.2. The van der Waals surface area contributed by atoms with Gasteiger partial charge in [-0.15, -0.1) is 0 Å². The lowest BCUT2D eigenvalue weighted by molar-refractivity contribution is -0.118. The van der Waals surface area contributed by atoms with Gasteiger partial charge in [-0.2, -0.15) is 0 Å². The van der Waals surface area contributed by atoms with Crippen LogP contribution in [0.2, 0.25) is 0 Å². The van der Waals surface area contributed by atoms with Gasteiger partial charge in [0.05, 0.1) is 0 Å². The van der Waals surface area contributed by atoms with Crippen molar-refractivity contribution in [3.8, 4) is 11.5 Å². The molecule has 1 atom stereocenters. The Bertz CT molecular complexity index is 1240. The number of para-hydroxylation sites is 1. The second-order valence-corrected chi connectivity index (χ2v) is 9.81. The fourth-order valence-electron chi connectivity index (χ4n) is 5.07. The second kappa shape index (κ2) is 7.80. The van der Waals surface area contributed by atoms with E-state index in [-0.39, 0.29) is 23.9 Å². The van der Waals surface area contributed by atoms with Gasteiger partial charge in [-0.3, -0.25) is 9.59 Å². The summed E-state index contributed by atoms with van der Waals surface area (Å²) in [5.41, 5.74) is 5.32. The van der Waals surface area contributed by atoms with Gasteiger partial charge in [-0.05, 0) is 55.0 Å². The summed E-state index contributed by atoms with van der Waals surface area (Å²) in [7, 11) is 0. The summed E-state index contributed by atoms with van der Waals surface area (Å²) in [5, 5.41) is 6.47. The van der Waals surface area contributed by atoms with E-state index in [1.54, 1.807) is 0 Å². The van der Waals surface area contributed by atoms with Crippen molar-refractivity contribution >= 4 is 17.4 Å². The molecule has 33 heavy (non-hydrogen) atoms. The number of nitrogens with one attached hydrogen (secondary N) is 2. The van der Waals surface area contributed by atoms with E-state index in [0.29, 0.717) is 29.1 Å². The van der Waals surface area contributed by atoms with Gasteiger partial charge in [0.15, 0.2) is 17.3 Å². The van der Waals surface area contributed by atoms with Crippen molar-refractivity contribution < 1.29 is 19.1 Å². The lowest BCUT2D eigenvalue weighted by Crippen LogP contribution is -2.39. The van der Waals surface area contributed by atoms with E-state index < -0.39 is 5.92 Å². The first-order chi connectivity index (χ1) is 15.7. The van der Waals surface area contributed by atoms with E-state index in [2.05, 4.69) is 24.5 Å². The van der Waals surface area contributed by atoms with Crippen LogP contribution in [0.25, 0.3) is 0 Å². The van der Waals surface area contributed by atoms with Crippen LogP contribution in [-0.2, 0) is 9.59 Å². The summed E-state index contributed by atoms with van der Waals surface area (Å²) in [6.07, 6.45) is 1.19. The Hall–Kier alpha value is -3.54. The molecule has 0 unspecified atom stereocenters. The highest BCUT2D eigenvalue weighted by molar-refractivity contribution is 6.10. The van der Waals surface area contributed by atoms with E-state index in [1.165, 1.54) is 0 Å². The molecular weight excluding hydrogens is 416 g/mol. The Morgan fingerprint density at radius 2 is 1.82 bits per heavy atom. The van der Waals surface area contributed by atoms with Crippen molar-refractivity contribution in [2.75, 3.05) is 12.1 Å². The molecular formula is C27H28N2O4. The number of rotatable bonds is 3. The molecule has 0 fully saturated rings. The van der Waals surface area contributed by atoms with E-state index in [1.807, 2.05) is 56.3 Å². The van der Waals surface area contributed by atoms with Gasteiger partial charge in [0.1, 0.15) is 0 Å². The molecule has 2 N–H and O–H groups in total. The zero-order valence-electron chi connectivity index (χ0n) is 19.4. The minimum absolute atomic E-state index is 0.0742. The Labute approximate surface area is 193 Å².